The van der Waals surface area contributed by atoms with Gasteiger partial charge in [0.1, 0.15) is 18.1 Å². The molecule has 0 saturated heterocycles. The predicted octanol–water partition coefficient (Wildman–Crippen LogP) is 5.02. The summed E-state index contributed by atoms with van der Waals surface area (Å²) in [5.41, 5.74) is 3.65. The number of amides is 2. The first-order valence-electron chi connectivity index (χ1n) is 12.7. The summed E-state index contributed by atoms with van der Waals surface area (Å²) in [6.45, 7) is 9.24. The normalized spacial score (nSPS) is 12.2. The minimum atomic E-state index is -0.952. The van der Waals surface area contributed by atoms with Gasteiger partial charge >= 0.3 is 0 Å². The van der Waals surface area contributed by atoms with E-state index in [1.807, 2.05) is 76.2 Å². The Kier molecular flexibility index (Phi) is 7.71. The van der Waals surface area contributed by atoms with Gasteiger partial charge in [0.2, 0.25) is 11.8 Å². The molecule has 2 amide bonds. The third-order valence-electron chi connectivity index (χ3n) is 6.77. The van der Waals surface area contributed by atoms with E-state index >= 15 is 0 Å². The van der Waals surface area contributed by atoms with Gasteiger partial charge < -0.3 is 5.32 Å². The standard InChI is InChI=1S/C30H33N5O3/c1-6-30(4,5)31-29(38)28(23-13-11-20(2)12-14-23)35(24-17-15-22(16-18-24)21(3)36)27(37)19-34-26-10-8-7-9-25(26)32-33-34/h7-18,28H,6,19H2,1-5H3,(H,31,38). The van der Waals surface area contributed by atoms with Crippen molar-refractivity contribution in [2.75, 3.05) is 4.90 Å². The molecule has 0 fully saturated rings. The Morgan fingerprint density at radius 2 is 1.63 bits per heavy atom. The van der Waals surface area contributed by atoms with Gasteiger partial charge in [-0.2, -0.15) is 0 Å². The molecular formula is C30H33N5O3. The summed E-state index contributed by atoms with van der Waals surface area (Å²) in [6.07, 6.45) is 0.714. The largest absolute Gasteiger partial charge is 0.349 e. The number of anilines is 1. The molecule has 0 bridgehead atoms. The second-order valence-corrected chi connectivity index (χ2v) is 10.1. The van der Waals surface area contributed by atoms with Crippen LogP contribution in [-0.2, 0) is 16.1 Å². The molecule has 1 aromatic heterocycles. The van der Waals surface area contributed by atoms with Crippen molar-refractivity contribution in [1.29, 1.82) is 0 Å². The van der Waals surface area contributed by atoms with Crippen LogP contribution in [0.3, 0.4) is 0 Å². The average Bonchev–Trinajstić information content (AvgIpc) is 3.30. The van der Waals surface area contributed by atoms with Gasteiger partial charge in [0, 0.05) is 16.8 Å². The zero-order valence-corrected chi connectivity index (χ0v) is 22.4. The van der Waals surface area contributed by atoms with Gasteiger partial charge in [-0.05, 0) is 76.1 Å². The van der Waals surface area contributed by atoms with E-state index in [1.54, 1.807) is 24.3 Å². The number of nitrogens with one attached hydrogen (secondary N) is 1. The molecule has 196 valence electrons. The van der Waals surface area contributed by atoms with Crippen LogP contribution in [-0.4, -0.2) is 38.1 Å². The Bertz CT molecular complexity index is 1460. The summed E-state index contributed by atoms with van der Waals surface area (Å²) in [5, 5.41) is 11.5. The molecule has 0 aliphatic rings. The summed E-state index contributed by atoms with van der Waals surface area (Å²) in [4.78, 5) is 41.4. The monoisotopic (exact) mass is 511 g/mol. The number of aryl methyl sites for hydroxylation is 1. The third-order valence-corrected chi connectivity index (χ3v) is 6.77. The zero-order valence-electron chi connectivity index (χ0n) is 22.4. The number of hydrogen-bond acceptors (Lipinski definition) is 5. The number of hydrogen-bond donors (Lipinski definition) is 1. The quantitative estimate of drug-likeness (QED) is 0.318. The van der Waals surface area contributed by atoms with Crippen molar-refractivity contribution in [1.82, 2.24) is 20.3 Å². The number of aromatic nitrogens is 3. The summed E-state index contributed by atoms with van der Waals surface area (Å²) >= 11 is 0. The Labute approximate surface area is 222 Å². The number of para-hydroxylation sites is 1. The van der Waals surface area contributed by atoms with Crippen molar-refractivity contribution < 1.29 is 14.4 Å². The van der Waals surface area contributed by atoms with Gasteiger partial charge in [0.25, 0.3) is 0 Å². The maximum absolute atomic E-state index is 14.1. The Hall–Kier alpha value is -4.33. The van der Waals surface area contributed by atoms with Crippen LogP contribution in [0.2, 0.25) is 0 Å². The highest BCUT2D eigenvalue weighted by atomic mass is 16.2. The number of carbonyl (C=O) groups is 3. The summed E-state index contributed by atoms with van der Waals surface area (Å²) in [7, 11) is 0. The molecule has 0 saturated carbocycles. The van der Waals surface area contributed by atoms with E-state index < -0.39 is 11.6 Å². The number of rotatable bonds is 9. The molecule has 4 rings (SSSR count). The van der Waals surface area contributed by atoms with Gasteiger partial charge in [-0.15, -0.1) is 5.10 Å². The molecule has 0 spiro atoms. The SMILES string of the molecule is CCC(C)(C)NC(=O)C(c1ccc(C)cc1)N(C(=O)Cn1nnc2ccccc21)c1ccc(C(C)=O)cc1. The minimum absolute atomic E-state index is 0.0824. The molecule has 4 aromatic rings. The number of nitrogens with zero attached hydrogens (tertiary/aromatic N) is 4. The van der Waals surface area contributed by atoms with Crippen molar-refractivity contribution in [2.45, 2.75) is 59.2 Å². The smallest absolute Gasteiger partial charge is 0.249 e. The van der Waals surface area contributed by atoms with E-state index in [4.69, 9.17) is 0 Å². The predicted molar refractivity (Wildman–Crippen MR) is 148 cm³/mol. The fourth-order valence-corrected chi connectivity index (χ4v) is 4.19. The first kappa shape index (κ1) is 26.7. The van der Waals surface area contributed by atoms with Gasteiger partial charge in [-0.25, -0.2) is 4.68 Å². The molecule has 0 radical (unpaired) electrons. The summed E-state index contributed by atoms with van der Waals surface area (Å²) < 4.78 is 1.54. The lowest BCUT2D eigenvalue weighted by molar-refractivity contribution is -0.128. The number of Topliss-reactive ketones (excluding diaryl/α,β-unsaturated/α-hetero) is 1. The topological polar surface area (TPSA) is 97.2 Å². The van der Waals surface area contributed by atoms with Crippen LogP contribution in [0.4, 0.5) is 5.69 Å². The van der Waals surface area contributed by atoms with Gasteiger partial charge in [0.05, 0.1) is 5.52 Å². The summed E-state index contributed by atoms with van der Waals surface area (Å²) in [6, 6.07) is 20.8. The van der Waals surface area contributed by atoms with Gasteiger partial charge in [-0.1, -0.05) is 54.1 Å². The summed E-state index contributed by atoms with van der Waals surface area (Å²) in [5.74, 6) is -0.722. The van der Waals surface area contributed by atoms with Crippen molar-refractivity contribution in [3.8, 4) is 0 Å². The van der Waals surface area contributed by atoms with Crippen LogP contribution in [0.1, 0.15) is 61.6 Å². The molecule has 1 unspecified atom stereocenters. The lowest BCUT2D eigenvalue weighted by atomic mass is 9.97. The van der Waals surface area contributed by atoms with Crippen LogP contribution in [0, 0.1) is 6.92 Å². The maximum atomic E-state index is 14.1. The van der Waals surface area contributed by atoms with Crippen molar-refractivity contribution in [2.24, 2.45) is 0 Å². The van der Waals surface area contributed by atoms with Crippen LogP contribution in [0.5, 0.6) is 0 Å². The number of benzene rings is 3. The fraction of sp³-hybridized carbons (Fsp3) is 0.300. The molecule has 1 atom stereocenters. The second-order valence-electron chi connectivity index (χ2n) is 10.1. The Morgan fingerprint density at radius 1 is 0.974 bits per heavy atom. The van der Waals surface area contributed by atoms with Gasteiger partial charge in [0.15, 0.2) is 5.78 Å². The van der Waals surface area contributed by atoms with Crippen LogP contribution in [0.25, 0.3) is 11.0 Å². The highest BCUT2D eigenvalue weighted by molar-refractivity contribution is 6.02. The van der Waals surface area contributed by atoms with Gasteiger partial charge in [-0.3, -0.25) is 19.3 Å². The lowest BCUT2D eigenvalue weighted by Gasteiger charge is -2.34. The van der Waals surface area contributed by atoms with E-state index in [-0.39, 0.29) is 24.1 Å². The molecule has 8 nitrogen and oxygen atoms in total. The van der Waals surface area contributed by atoms with Crippen LogP contribution < -0.4 is 10.2 Å². The molecule has 0 aliphatic heterocycles. The zero-order chi connectivity index (χ0) is 27.4. The fourth-order valence-electron chi connectivity index (χ4n) is 4.19. The molecule has 8 heteroatoms. The van der Waals surface area contributed by atoms with Crippen molar-refractivity contribution >= 4 is 34.3 Å². The van der Waals surface area contributed by atoms with Crippen LogP contribution in [0.15, 0.2) is 72.8 Å². The number of fused-ring (bicyclic) bond motifs is 1. The first-order valence-corrected chi connectivity index (χ1v) is 12.7. The van der Waals surface area contributed by atoms with Crippen molar-refractivity contribution in [3.05, 3.63) is 89.5 Å². The van der Waals surface area contributed by atoms with Crippen molar-refractivity contribution in [3.63, 3.8) is 0 Å². The number of carbonyl (C=O) groups excluding carboxylic acids is 3. The maximum Gasteiger partial charge on any atom is 0.249 e. The first-order chi connectivity index (χ1) is 18.1. The average molecular weight is 512 g/mol. The van der Waals surface area contributed by atoms with E-state index in [0.29, 0.717) is 28.8 Å². The molecule has 3 aromatic carbocycles. The number of ketones is 1. The molecule has 38 heavy (non-hydrogen) atoms. The van der Waals surface area contributed by atoms with E-state index in [0.717, 1.165) is 11.1 Å². The molecule has 0 aliphatic carbocycles. The third kappa shape index (κ3) is 5.80. The molecule has 1 heterocycles. The van der Waals surface area contributed by atoms with Crippen LogP contribution >= 0.6 is 0 Å². The van der Waals surface area contributed by atoms with E-state index in [9.17, 15) is 14.4 Å². The highest BCUT2D eigenvalue weighted by Crippen LogP contribution is 2.30. The minimum Gasteiger partial charge on any atom is -0.349 e. The van der Waals surface area contributed by atoms with E-state index in [2.05, 4.69) is 15.6 Å². The van der Waals surface area contributed by atoms with E-state index in [1.165, 1.54) is 16.5 Å². The molecular weight excluding hydrogens is 478 g/mol. The second kappa shape index (κ2) is 11.0. The Balaban J connectivity index is 1.83. The lowest BCUT2D eigenvalue weighted by Crippen LogP contribution is -2.51. The molecule has 1 N–H and O–H groups in total. The highest BCUT2D eigenvalue weighted by Gasteiger charge is 2.35. The Morgan fingerprint density at radius 3 is 2.26 bits per heavy atom.